The Bertz CT molecular complexity index is 1100. The summed E-state index contributed by atoms with van der Waals surface area (Å²) in [6, 6.07) is 11.5. The van der Waals surface area contributed by atoms with Gasteiger partial charge in [-0.15, -0.1) is 11.3 Å². The van der Waals surface area contributed by atoms with Crippen LogP contribution in [-0.2, 0) is 16.1 Å². The number of piperazine rings is 1. The maximum atomic E-state index is 12.8. The van der Waals surface area contributed by atoms with E-state index in [1.54, 1.807) is 10.5 Å². The molecule has 4 heterocycles. The molecule has 30 heavy (non-hydrogen) atoms. The fourth-order valence-corrected chi connectivity index (χ4v) is 5.11. The van der Waals surface area contributed by atoms with Crippen molar-refractivity contribution in [1.82, 2.24) is 19.2 Å². The zero-order valence-electron chi connectivity index (χ0n) is 16.7. The van der Waals surface area contributed by atoms with E-state index in [1.807, 2.05) is 40.6 Å². The number of hydrogen-bond donors (Lipinski definition) is 0. The predicted octanol–water partition coefficient (Wildman–Crippen LogP) is 2.25. The third-order valence-corrected chi connectivity index (χ3v) is 6.63. The van der Waals surface area contributed by atoms with Gasteiger partial charge in [-0.25, -0.2) is 4.98 Å². The summed E-state index contributed by atoms with van der Waals surface area (Å²) in [7, 11) is 0. The van der Waals surface area contributed by atoms with Crippen molar-refractivity contribution in [3.63, 3.8) is 0 Å². The van der Waals surface area contributed by atoms with Gasteiger partial charge in [-0.3, -0.25) is 18.9 Å². The molecule has 0 spiro atoms. The van der Waals surface area contributed by atoms with Crippen LogP contribution in [0.4, 0.5) is 0 Å². The smallest absolute Gasteiger partial charge is 0.259 e. The van der Waals surface area contributed by atoms with Crippen molar-refractivity contribution in [2.75, 3.05) is 32.8 Å². The van der Waals surface area contributed by atoms with Crippen LogP contribution in [0.25, 0.3) is 16.2 Å². The zero-order valence-corrected chi connectivity index (χ0v) is 17.5. The summed E-state index contributed by atoms with van der Waals surface area (Å²) in [5.41, 5.74) is 2.61. The molecule has 1 aromatic carbocycles. The van der Waals surface area contributed by atoms with Crippen molar-refractivity contribution < 1.29 is 9.53 Å². The largest absolute Gasteiger partial charge is 0.368 e. The first-order valence-corrected chi connectivity index (χ1v) is 11.3. The van der Waals surface area contributed by atoms with Gasteiger partial charge in [0.2, 0.25) is 0 Å². The van der Waals surface area contributed by atoms with E-state index in [-0.39, 0.29) is 17.6 Å². The van der Waals surface area contributed by atoms with Crippen LogP contribution < -0.4 is 5.56 Å². The topological polar surface area (TPSA) is 67.2 Å². The summed E-state index contributed by atoms with van der Waals surface area (Å²) in [5.74, 6) is 0.122. The number of thiazole rings is 1. The number of carbonyl (C=O) groups excluding carboxylic acids is 1. The Hall–Kier alpha value is -2.55. The quantitative estimate of drug-likeness (QED) is 0.643. The minimum atomic E-state index is -0.252. The Kier molecular flexibility index (Phi) is 5.37. The van der Waals surface area contributed by atoms with Gasteiger partial charge < -0.3 is 9.64 Å². The second-order valence-electron chi connectivity index (χ2n) is 7.79. The molecule has 0 unspecified atom stereocenters. The van der Waals surface area contributed by atoms with Crippen LogP contribution in [0.3, 0.4) is 0 Å². The van der Waals surface area contributed by atoms with Crippen LogP contribution in [-0.4, -0.2) is 64.0 Å². The lowest BCUT2D eigenvalue weighted by atomic mass is 10.2. The highest BCUT2D eigenvalue weighted by Gasteiger charge is 2.30. The van der Waals surface area contributed by atoms with E-state index in [2.05, 4.69) is 4.90 Å². The Morgan fingerprint density at radius 3 is 2.70 bits per heavy atom. The SMILES string of the molecule is O=C([C@H]1CCCO1)N1CCN(Cc2cc(=O)n3c(-c4ccccc4)csc3n2)CC1. The molecule has 8 heteroatoms. The van der Waals surface area contributed by atoms with E-state index >= 15 is 0 Å². The van der Waals surface area contributed by atoms with Crippen molar-refractivity contribution in [3.8, 4) is 11.3 Å². The molecule has 2 aromatic heterocycles. The number of benzene rings is 1. The van der Waals surface area contributed by atoms with Gasteiger partial charge in [0.15, 0.2) is 4.96 Å². The van der Waals surface area contributed by atoms with E-state index in [1.165, 1.54) is 11.3 Å². The number of rotatable bonds is 4. The van der Waals surface area contributed by atoms with Crippen molar-refractivity contribution in [3.05, 3.63) is 57.8 Å². The highest BCUT2D eigenvalue weighted by molar-refractivity contribution is 7.15. The van der Waals surface area contributed by atoms with Gasteiger partial charge in [0, 0.05) is 50.8 Å². The lowest BCUT2D eigenvalue weighted by molar-refractivity contribution is -0.142. The van der Waals surface area contributed by atoms with Gasteiger partial charge >= 0.3 is 0 Å². The van der Waals surface area contributed by atoms with Crippen LogP contribution in [0.2, 0.25) is 0 Å². The van der Waals surface area contributed by atoms with Gasteiger partial charge in [-0.2, -0.15) is 0 Å². The lowest BCUT2D eigenvalue weighted by Gasteiger charge is -2.35. The van der Waals surface area contributed by atoms with Gasteiger partial charge in [-0.1, -0.05) is 30.3 Å². The summed E-state index contributed by atoms with van der Waals surface area (Å²) in [4.78, 5) is 34.9. The summed E-state index contributed by atoms with van der Waals surface area (Å²) in [6.45, 7) is 4.24. The summed E-state index contributed by atoms with van der Waals surface area (Å²) >= 11 is 1.48. The second-order valence-corrected chi connectivity index (χ2v) is 8.63. The number of ether oxygens (including phenoxy) is 1. The molecule has 2 saturated heterocycles. The second kappa shape index (κ2) is 8.29. The molecule has 0 bridgehead atoms. The first-order valence-electron chi connectivity index (χ1n) is 10.4. The van der Waals surface area contributed by atoms with Crippen LogP contribution in [0, 0.1) is 0 Å². The maximum absolute atomic E-state index is 12.8. The lowest BCUT2D eigenvalue weighted by Crippen LogP contribution is -2.51. The summed E-state index contributed by atoms with van der Waals surface area (Å²) in [6.07, 6.45) is 1.55. The monoisotopic (exact) mass is 424 g/mol. The standard InChI is InChI=1S/C22H24N4O3S/c27-20-13-17(23-22-26(20)18(15-30-22)16-5-2-1-3-6-16)14-24-8-10-25(11-9-24)21(28)19-7-4-12-29-19/h1-3,5-6,13,15,19H,4,7-12,14H2/t19-/m1/s1. The molecule has 2 fully saturated rings. The number of amides is 1. The third kappa shape index (κ3) is 3.78. The van der Waals surface area contributed by atoms with Crippen LogP contribution in [0.5, 0.6) is 0 Å². The highest BCUT2D eigenvalue weighted by Crippen LogP contribution is 2.24. The Morgan fingerprint density at radius 2 is 1.97 bits per heavy atom. The predicted molar refractivity (Wildman–Crippen MR) is 116 cm³/mol. The molecule has 1 atom stereocenters. The molecule has 0 N–H and O–H groups in total. The summed E-state index contributed by atoms with van der Waals surface area (Å²) in [5, 5.41) is 1.98. The first kappa shape index (κ1) is 19.4. The molecule has 156 valence electrons. The fourth-order valence-electron chi connectivity index (χ4n) is 4.19. The first-order chi connectivity index (χ1) is 14.7. The third-order valence-electron chi connectivity index (χ3n) is 5.80. The normalized spacial score (nSPS) is 20.1. The number of carbonyl (C=O) groups is 1. The molecule has 0 aliphatic carbocycles. The number of nitrogens with zero attached hydrogens (tertiary/aromatic N) is 4. The Morgan fingerprint density at radius 1 is 1.17 bits per heavy atom. The van der Waals surface area contributed by atoms with Crippen molar-refractivity contribution in [2.24, 2.45) is 0 Å². The summed E-state index contributed by atoms with van der Waals surface area (Å²) < 4.78 is 7.21. The molecule has 3 aromatic rings. The molecule has 7 nitrogen and oxygen atoms in total. The fraction of sp³-hybridized carbons (Fsp3) is 0.409. The number of fused-ring (bicyclic) bond motifs is 1. The van der Waals surface area contributed by atoms with Crippen LogP contribution >= 0.6 is 11.3 Å². The Labute approximate surface area is 178 Å². The van der Waals surface area contributed by atoms with Gasteiger partial charge in [0.05, 0.1) is 11.4 Å². The van der Waals surface area contributed by atoms with E-state index in [9.17, 15) is 9.59 Å². The van der Waals surface area contributed by atoms with Gasteiger partial charge in [0.1, 0.15) is 6.10 Å². The Balaban J connectivity index is 1.27. The van der Waals surface area contributed by atoms with Crippen molar-refractivity contribution in [1.29, 1.82) is 0 Å². The van der Waals surface area contributed by atoms with E-state index in [0.29, 0.717) is 31.2 Å². The van der Waals surface area contributed by atoms with Gasteiger partial charge in [0.25, 0.3) is 11.5 Å². The maximum Gasteiger partial charge on any atom is 0.259 e. The average molecular weight is 425 g/mol. The van der Waals surface area contributed by atoms with Crippen LogP contribution in [0.15, 0.2) is 46.6 Å². The number of hydrogen-bond acceptors (Lipinski definition) is 6. The molecular formula is C22H24N4O3S. The van der Waals surface area contributed by atoms with E-state index in [4.69, 9.17) is 9.72 Å². The molecule has 0 saturated carbocycles. The average Bonchev–Trinajstić information content (AvgIpc) is 3.45. The molecule has 2 aliphatic heterocycles. The highest BCUT2D eigenvalue weighted by atomic mass is 32.1. The molecule has 5 rings (SSSR count). The van der Waals surface area contributed by atoms with Crippen LogP contribution in [0.1, 0.15) is 18.5 Å². The molecule has 1 amide bonds. The number of aromatic nitrogens is 2. The minimum Gasteiger partial charge on any atom is -0.368 e. The zero-order chi connectivity index (χ0) is 20.5. The van der Waals surface area contributed by atoms with Gasteiger partial charge in [-0.05, 0) is 18.4 Å². The minimum absolute atomic E-state index is 0.0534. The van der Waals surface area contributed by atoms with Crippen molar-refractivity contribution >= 4 is 22.2 Å². The molecular weight excluding hydrogens is 400 g/mol. The van der Waals surface area contributed by atoms with Crippen molar-refractivity contribution in [2.45, 2.75) is 25.5 Å². The van der Waals surface area contributed by atoms with E-state index in [0.717, 1.165) is 42.9 Å². The van der Waals surface area contributed by atoms with E-state index < -0.39 is 0 Å². The molecule has 0 radical (unpaired) electrons. The molecule has 2 aliphatic rings.